The average Bonchev–Trinajstić information content (AvgIpc) is 3.19. The quantitative estimate of drug-likeness (QED) is 0.00695. The van der Waals surface area contributed by atoms with Gasteiger partial charge in [0.25, 0.3) is 11.8 Å². The fourth-order valence-corrected chi connectivity index (χ4v) is 7.27. The van der Waals surface area contributed by atoms with Crippen LogP contribution in [0.2, 0.25) is 0 Å². The number of thioether (sulfide) groups is 2. The molecule has 338 valence electrons. The topological polar surface area (TPSA) is 226 Å². The first-order chi connectivity index (χ1) is 28.5. The van der Waals surface area contributed by atoms with Crippen LogP contribution in [0.15, 0.2) is 69.9 Å². The molecule has 0 aromatic rings. The van der Waals surface area contributed by atoms with Crippen LogP contribution in [0.3, 0.4) is 0 Å². The molecule has 16 heteroatoms. The predicted molar refractivity (Wildman–Crippen MR) is 243 cm³/mol. The summed E-state index contributed by atoms with van der Waals surface area (Å²) in [4.78, 5) is 71.7. The number of ether oxygens (including phenoxy) is 1. The molecule has 14 nitrogen and oxygen atoms in total. The second-order valence-corrected chi connectivity index (χ2v) is 17.2. The largest absolute Gasteiger partial charge is 0.481 e. The van der Waals surface area contributed by atoms with Gasteiger partial charge in [0.2, 0.25) is 11.8 Å². The van der Waals surface area contributed by atoms with Gasteiger partial charge in [-0.1, -0.05) is 64.3 Å². The molecule has 2 atom stereocenters. The molecule has 2 unspecified atom stereocenters. The fourth-order valence-electron chi connectivity index (χ4n) is 5.25. The first kappa shape index (κ1) is 55.9. The number of rotatable bonds is 32. The Morgan fingerprint density at radius 3 is 1.42 bits per heavy atom. The van der Waals surface area contributed by atoms with E-state index in [9.17, 15) is 28.8 Å². The van der Waals surface area contributed by atoms with Crippen LogP contribution in [0, 0.1) is 0 Å². The van der Waals surface area contributed by atoms with Crippen LogP contribution in [-0.2, 0) is 33.5 Å². The van der Waals surface area contributed by atoms with Gasteiger partial charge in [-0.3, -0.25) is 39.4 Å². The molecule has 0 aromatic carbocycles. The predicted octanol–water partition coefficient (Wildman–Crippen LogP) is 6.92. The minimum absolute atomic E-state index is 0.112. The van der Waals surface area contributed by atoms with Crippen LogP contribution in [0.4, 0.5) is 0 Å². The van der Waals surface area contributed by atoms with Gasteiger partial charge in [-0.2, -0.15) is 23.5 Å². The number of allylic oxidation sites excluding steroid dienone is 9. The molecular formula is C44H71N5O9S2. The first-order valence-electron chi connectivity index (χ1n) is 20.4. The summed E-state index contributed by atoms with van der Waals surface area (Å²) in [6.45, 7) is 14.6. The lowest BCUT2D eigenvalue weighted by molar-refractivity contribution is -0.144. The monoisotopic (exact) mass is 877 g/mol. The maximum atomic E-state index is 12.6. The maximum absolute atomic E-state index is 12.6. The molecule has 0 bridgehead atoms. The molecule has 4 amide bonds. The molecule has 0 radical (unpaired) electrons. The Labute approximate surface area is 366 Å². The number of nitrogens with one attached hydrogen (secondary N) is 4. The van der Waals surface area contributed by atoms with Crippen molar-refractivity contribution in [3.05, 3.63) is 69.9 Å². The van der Waals surface area contributed by atoms with E-state index in [4.69, 9.17) is 20.9 Å². The van der Waals surface area contributed by atoms with Crippen molar-refractivity contribution >= 4 is 59.1 Å². The zero-order chi connectivity index (χ0) is 45.3. The highest BCUT2D eigenvalue weighted by Crippen LogP contribution is 2.15. The van der Waals surface area contributed by atoms with E-state index in [1.54, 1.807) is 0 Å². The van der Waals surface area contributed by atoms with Gasteiger partial charge < -0.3 is 20.5 Å². The Morgan fingerprint density at radius 2 is 0.983 bits per heavy atom. The number of esters is 1. The smallest absolute Gasteiger partial charge is 0.306 e. The van der Waals surface area contributed by atoms with E-state index in [1.807, 2.05) is 26.0 Å². The van der Waals surface area contributed by atoms with Crippen molar-refractivity contribution in [1.82, 2.24) is 21.5 Å². The molecule has 8 N–H and O–H groups in total. The van der Waals surface area contributed by atoms with Crippen molar-refractivity contribution in [3.63, 3.8) is 0 Å². The summed E-state index contributed by atoms with van der Waals surface area (Å²) in [6.07, 6.45) is 19.5. The summed E-state index contributed by atoms with van der Waals surface area (Å²) >= 11 is 2.92. The van der Waals surface area contributed by atoms with Gasteiger partial charge in [-0.15, -0.1) is 0 Å². The molecule has 0 aromatic heterocycles. The molecule has 0 saturated heterocycles. The lowest BCUT2D eigenvalue weighted by Crippen LogP contribution is -2.50. The number of hydrogen-bond donors (Lipinski definition) is 7. The molecule has 0 aliphatic heterocycles. The van der Waals surface area contributed by atoms with Crippen LogP contribution >= 0.6 is 23.5 Å². The van der Waals surface area contributed by atoms with Gasteiger partial charge >= 0.3 is 11.9 Å². The number of amides is 4. The van der Waals surface area contributed by atoms with Crippen molar-refractivity contribution in [2.24, 2.45) is 5.84 Å². The summed E-state index contributed by atoms with van der Waals surface area (Å²) in [5.74, 6) is 3.30. The molecule has 0 rings (SSSR count). The van der Waals surface area contributed by atoms with Gasteiger partial charge in [0.1, 0.15) is 18.7 Å². The van der Waals surface area contributed by atoms with Gasteiger partial charge in [0, 0.05) is 35.9 Å². The van der Waals surface area contributed by atoms with E-state index in [0.717, 1.165) is 56.9 Å². The maximum Gasteiger partial charge on any atom is 0.306 e. The van der Waals surface area contributed by atoms with E-state index < -0.39 is 47.7 Å². The highest BCUT2D eigenvalue weighted by molar-refractivity contribution is 7.99. The molecular weight excluding hydrogens is 807 g/mol. The lowest BCUT2D eigenvalue weighted by Gasteiger charge is -2.16. The number of carbonyl (C=O) groups is 6. The zero-order valence-corrected chi connectivity index (χ0v) is 38.4. The number of carboxylic acid groups (broad SMARTS) is 1. The van der Waals surface area contributed by atoms with E-state index >= 15 is 0 Å². The number of hydrogen-bond acceptors (Lipinski definition) is 11. The van der Waals surface area contributed by atoms with E-state index in [-0.39, 0.29) is 38.0 Å². The molecule has 0 aliphatic rings. The standard InChI is InChI=1S/C44H71N5O9S2/c1-31(2)12-8-13-32(3)14-9-17-34(5)24-26-59-29-37(43(55)48-45)46-40(51)21-23-42(54)58-28-36(7)19-11-16-33(4)15-10-18-35(6)25-27-60-30-38(44(56)49-57)47-39(50)20-22-41(52)53/h12,14-15,19,24-25,37-38,57H,8-11,13,16-18,20-23,26-30,45H2,1-7H3,(H,46,51)(H,47,50)(H,48,55)(H,49,56)(H,52,53)/b32-14+,33-15+,34-24+,35-25+,36-19+. The number of hydroxylamine groups is 1. The van der Waals surface area contributed by atoms with Crippen LogP contribution in [0.25, 0.3) is 0 Å². The van der Waals surface area contributed by atoms with Gasteiger partial charge in [-0.25, -0.2) is 11.3 Å². The Kier molecular flexibility index (Phi) is 32.2. The van der Waals surface area contributed by atoms with Crippen molar-refractivity contribution in [3.8, 4) is 0 Å². The fraction of sp³-hybridized carbons (Fsp3) is 0.591. The van der Waals surface area contributed by atoms with Crippen LogP contribution in [-0.4, -0.2) is 87.6 Å². The Hall–Kier alpha value is -4.12. The third-order valence-electron chi connectivity index (χ3n) is 8.99. The molecule has 60 heavy (non-hydrogen) atoms. The summed E-state index contributed by atoms with van der Waals surface area (Å²) in [5, 5.41) is 22.8. The van der Waals surface area contributed by atoms with E-state index in [0.29, 0.717) is 17.3 Å². The minimum Gasteiger partial charge on any atom is -0.481 e. The summed E-state index contributed by atoms with van der Waals surface area (Å²) in [7, 11) is 0. The minimum atomic E-state index is -1.11. The van der Waals surface area contributed by atoms with Gasteiger partial charge in [0.15, 0.2) is 0 Å². The normalized spacial score (nSPS) is 13.5. The molecule has 0 heterocycles. The summed E-state index contributed by atoms with van der Waals surface area (Å²) in [5.41, 5.74) is 10.9. The molecule has 0 fully saturated rings. The van der Waals surface area contributed by atoms with Crippen molar-refractivity contribution in [2.45, 2.75) is 138 Å². The van der Waals surface area contributed by atoms with Gasteiger partial charge in [0.05, 0.1) is 12.8 Å². The highest BCUT2D eigenvalue weighted by atomic mass is 32.2. The van der Waals surface area contributed by atoms with Crippen LogP contribution in [0.1, 0.15) is 126 Å². The molecule has 0 aliphatic carbocycles. The third-order valence-corrected chi connectivity index (χ3v) is 10.9. The SMILES string of the molecule is CC(C)=CCC/C(C)=C/CC/C(C)=C/CSCC(NC(=O)CCC(=O)OC/C(C)=C/CC/C(C)=C/CC/C(C)=C/CSCC(NC(=O)CCC(=O)O)C(=O)NO)C(=O)NN. The lowest BCUT2D eigenvalue weighted by atomic mass is 10.1. The van der Waals surface area contributed by atoms with E-state index in [2.05, 4.69) is 75.0 Å². The Morgan fingerprint density at radius 1 is 0.567 bits per heavy atom. The second kappa shape index (κ2) is 34.6. The van der Waals surface area contributed by atoms with Crippen LogP contribution < -0.4 is 27.4 Å². The number of nitrogens with two attached hydrogens (primary N) is 1. The zero-order valence-electron chi connectivity index (χ0n) is 36.8. The molecule has 0 saturated carbocycles. The third kappa shape index (κ3) is 31.8. The Balaban J connectivity index is 4.51. The number of carboxylic acids is 1. The summed E-state index contributed by atoms with van der Waals surface area (Å²) < 4.78 is 5.36. The average molecular weight is 878 g/mol. The van der Waals surface area contributed by atoms with E-state index in [1.165, 1.54) is 56.9 Å². The van der Waals surface area contributed by atoms with Crippen molar-refractivity contribution in [2.75, 3.05) is 29.6 Å². The summed E-state index contributed by atoms with van der Waals surface area (Å²) in [6, 6.07) is -1.81. The number of aliphatic carboxylic acids is 1. The van der Waals surface area contributed by atoms with Crippen molar-refractivity contribution in [1.29, 1.82) is 0 Å². The number of hydrazine groups is 1. The first-order valence-corrected chi connectivity index (χ1v) is 22.8. The second-order valence-electron chi connectivity index (χ2n) is 15.0. The Bertz CT molecular complexity index is 1570. The van der Waals surface area contributed by atoms with Crippen LogP contribution in [0.5, 0.6) is 0 Å². The highest BCUT2D eigenvalue weighted by Gasteiger charge is 2.22. The molecule has 0 spiro atoms. The van der Waals surface area contributed by atoms with Crippen molar-refractivity contribution < 1.29 is 43.8 Å². The van der Waals surface area contributed by atoms with Gasteiger partial charge in [-0.05, 0) is 105 Å². The number of carbonyl (C=O) groups excluding carboxylic acids is 5.